The number of rotatable bonds is 8. The molecule has 1 amide bonds. The fourth-order valence-electron chi connectivity index (χ4n) is 4.20. The number of hydrogen-bond acceptors (Lipinski definition) is 8. The lowest BCUT2D eigenvalue weighted by atomic mass is 9.97. The maximum absolute atomic E-state index is 14.0. The zero-order valence-corrected chi connectivity index (χ0v) is 21.4. The van der Waals surface area contributed by atoms with E-state index in [1.165, 1.54) is 54.8 Å². The molecule has 2 aromatic carbocycles. The number of non-ortho nitro benzene ring substituents is 1. The lowest BCUT2D eigenvalue weighted by Crippen LogP contribution is -2.41. The number of nitrogens with one attached hydrogen (secondary N) is 1. The quantitative estimate of drug-likeness (QED) is 0.327. The SMILES string of the molecule is COc1ccc([N+](=O)[O-])cc1NC(=O)C1CCN(S(=O)(=O)c2c(C)noc2C=Cc2ccccc2F)CC1. The number of nitrogens with zero attached hydrogens (tertiary/aromatic N) is 3. The first-order valence-corrected chi connectivity index (χ1v) is 13.1. The maximum Gasteiger partial charge on any atom is 0.271 e. The minimum Gasteiger partial charge on any atom is -0.495 e. The van der Waals surface area contributed by atoms with Gasteiger partial charge in [-0.3, -0.25) is 14.9 Å². The van der Waals surface area contributed by atoms with Gasteiger partial charge in [0.15, 0.2) is 10.7 Å². The van der Waals surface area contributed by atoms with Crippen molar-refractivity contribution in [3.8, 4) is 5.75 Å². The molecule has 1 N–H and O–H groups in total. The van der Waals surface area contributed by atoms with E-state index in [0.29, 0.717) is 0 Å². The fraction of sp³-hybridized carbons (Fsp3) is 0.280. The molecular formula is C25H25FN4O7S. The van der Waals surface area contributed by atoms with Crippen molar-refractivity contribution in [2.24, 2.45) is 5.92 Å². The molecule has 1 fully saturated rings. The largest absolute Gasteiger partial charge is 0.495 e. The van der Waals surface area contributed by atoms with Gasteiger partial charge in [-0.2, -0.15) is 4.31 Å². The minimum absolute atomic E-state index is 0.0246. The zero-order valence-electron chi connectivity index (χ0n) is 20.6. The third-order valence-electron chi connectivity index (χ3n) is 6.23. The van der Waals surface area contributed by atoms with E-state index >= 15 is 0 Å². The predicted molar refractivity (Wildman–Crippen MR) is 136 cm³/mol. The Bertz CT molecular complexity index is 1500. The van der Waals surface area contributed by atoms with E-state index in [4.69, 9.17) is 9.26 Å². The number of carbonyl (C=O) groups is 1. The van der Waals surface area contributed by atoms with E-state index in [1.807, 2.05) is 0 Å². The highest BCUT2D eigenvalue weighted by molar-refractivity contribution is 7.89. The van der Waals surface area contributed by atoms with Gasteiger partial charge in [-0.25, -0.2) is 12.8 Å². The first-order chi connectivity index (χ1) is 18.1. The normalized spacial score (nSPS) is 15.0. The van der Waals surface area contributed by atoms with Crippen LogP contribution in [0.25, 0.3) is 12.2 Å². The molecule has 1 saturated heterocycles. The molecule has 0 aliphatic carbocycles. The molecule has 0 saturated carbocycles. The number of nitro groups is 1. The van der Waals surface area contributed by atoms with E-state index in [0.717, 1.165) is 0 Å². The summed E-state index contributed by atoms with van der Waals surface area (Å²) in [5.74, 6) is -1.14. The summed E-state index contributed by atoms with van der Waals surface area (Å²) in [7, 11) is -2.64. The summed E-state index contributed by atoms with van der Waals surface area (Å²) in [5.41, 5.74) is 0.381. The van der Waals surface area contributed by atoms with E-state index in [2.05, 4.69) is 10.5 Å². The smallest absolute Gasteiger partial charge is 0.271 e. The second kappa shape index (κ2) is 11.1. The van der Waals surface area contributed by atoms with E-state index in [1.54, 1.807) is 18.2 Å². The van der Waals surface area contributed by atoms with Crippen molar-refractivity contribution in [1.29, 1.82) is 0 Å². The Morgan fingerprint density at radius 2 is 1.95 bits per heavy atom. The molecule has 0 spiro atoms. The highest BCUT2D eigenvalue weighted by Crippen LogP contribution is 2.32. The monoisotopic (exact) mass is 544 g/mol. The first kappa shape index (κ1) is 26.9. The van der Waals surface area contributed by atoms with Crippen LogP contribution < -0.4 is 10.1 Å². The minimum atomic E-state index is -4.02. The molecule has 11 nitrogen and oxygen atoms in total. The van der Waals surface area contributed by atoms with Crippen molar-refractivity contribution >= 4 is 39.5 Å². The Kier molecular flexibility index (Phi) is 7.88. The number of sulfonamides is 1. The third kappa shape index (κ3) is 5.58. The van der Waals surface area contributed by atoms with Gasteiger partial charge in [0, 0.05) is 36.7 Å². The molecule has 0 bridgehead atoms. The first-order valence-electron chi connectivity index (χ1n) is 11.6. The van der Waals surface area contributed by atoms with Crippen LogP contribution in [-0.4, -0.2) is 48.9 Å². The van der Waals surface area contributed by atoms with Gasteiger partial charge in [0.05, 0.1) is 17.7 Å². The number of piperidine rings is 1. The lowest BCUT2D eigenvalue weighted by molar-refractivity contribution is -0.384. The second-order valence-electron chi connectivity index (χ2n) is 8.63. The van der Waals surface area contributed by atoms with Gasteiger partial charge in [-0.15, -0.1) is 0 Å². The fourth-order valence-corrected chi connectivity index (χ4v) is 5.92. The van der Waals surface area contributed by atoms with Crippen molar-refractivity contribution in [1.82, 2.24) is 9.46 Å². The van der Waals surface area contributed by atoms with Gasteiger partial charge in [-0.05, 0) is 44.1 Å². The number of nitro benzene ring substituents is 1. The molecule has 0 unspecified atom stereocenters. The Hall–Kier alpha value is -4.10. The molecule has 4 rings (SSSR count). The summed E-state index contributed by atoms with van der Waals surface area (Å²) >= 11 is 0. The third-order valence-corrected chi connectivity index (χ3v) is 8.28. The number of aryl methyl sites for hydroxylation is 1. The van der Waals surface area contributed by atoms with Crippen LogP contribution in [0.4, 0.5) is 15.8 Å². The number of halogens is 1. The number of amides is 1. The van der Waals surface area contributed by atoms with Crippen LogP contribution in [0.5, 0.6) is 5.75 Å². The van der Waals surface area contributed by atoms with Gasteiger partial charge >= 0.3 is 0 Å². The van der Waals surface area contributed by atoms with Crippen LogP contribution in [0.2, 0.25) is 0 Å². The van der Waals surface area contributed by atoms with Crippen molar-refractivity contribution in [3.05, 3.63) is 75.4 Å². The van der Waals surface area contributed by atoms with E-state index < -0.39 is 32.6 Å². The topological polar surface area (TPSA) is 145 Å². The van der Waals surface area contributed by atoms with Gasteiger partial charge in [-0.1, -0.05) is 23.4 Å². The van der Waals surface area contributed by atoms with Gasteiger partial charge in [0.1, 0.15) is 17.3 Å². The Morgan fingerprint density at radius 3 is 2.61 bits per heavy atom. The van der Waals surface area contributed by atoms with Crippen LogP contribution in [0, 0.1) is 28.8 Å². The molecule has 1 aromatic heterocycles. The molecule has 0 atom stereocenters. The van der Waals surface area contributed by atoms with Crippen molar-refractivity contribution < 1.29 is 31.8 Å². The highest BCUT2D eigenvalue weighted by atomic mass is 32.2. The highest BCUT2D eigenvalue weighted by Gasteiger charge is 2.36. The number of hydrogen-bond donors (Lipinski definition) is 1. The molecule has 200 valence electrons. The predicted octanol–water partition coefficient (Wildman–Crippen LogP) is 4.25. The molecular weight excluding hydrogens is 519 g/mol. The summed E-state index contributed by atoms with van der Waals surface area (Å²) in [5, 5.41) is 17.6. The molecule has 2 heterocycles. The maximum atomic E-state index is 14.0. The van der Waals surface area contributed by atoms with Gasteiger partial charge in [0.2, 0.25) is 15.9 Å². The van der Waals surface area contributed by atoms with Crippen LogP contribution in [-0.2, 0) is 14.8 Å². The number of methoxy groups -OCH3 is 1. The molecule has 13 heteroatoms. The number of aromatic nitrogens is 1. The second-order valence-corrected chi connectivity index (χ2v) is 10.5. The average molecular weight is 545 g/mol. The number of ether oxygens (including phenoxy) is 1. The van der Waals surface area contributed by atoms with Crippen LogP contribution >= 0.6 is 0 Å². The van der Waals surface area contributed by atoms with Crippen LogP contribution in [0.3, 0.4) is 0 Å². The van der Waals surface area contributed by atoms with Crippen molar-refractivity contribution in [2.75, 3.05) is 25.5 Å². The summed E-state index contributed by atoms with van der Waals surface area (Å²) in [6, 6.07) is 9.90. The summed E-state index contributed by atoms with van der Waals surface area (Å²) in [6.45, 7) is 1.63. The van der Waals surface area contributed by atoms with Crippen molar-refractivity contribution in [3.63, 3.8) is 0 Å². The summed E-state index contributed by atoms with van der Waals surface area (Å²) in [4.78, 5) is 23.3. The van der Waals surface area contributed by atoms with E-state index in [-0.39, 0.29) is 65.0 Å². The summed E-state index contributed by atoms with van der Waals surface area (Å²) < 4.78 is 52.5. The Balaban J connectivity index is 1.46. The van der Waals surface area contributed by atoms with Crippen molar-refractivity contribution in [2.45, 2.75) is 24.7 Å². The molecule has 1 aliphatic heterocycles. The zero-order chi connectivity index (χ0) is 27.4. The van der Waals surface area contributed by atoms with Crippen LogP contribution in [0.1, 0.15) is 29.9 Å². The molecule has 38 heavy (non-hydrogen) atoms. The molecule has 0 radical (unpaired) electrons. The van der Waals surface area contributed by atoms with E-state index in [9.17, 15) is 27.7 Å². The summed E-state index contributed by atoms with van der Waals surface area (Å²) in [6.07, 6.45) is 3.23. The van der Waals surface area contributed by atoms with Gasteiger partial charge < -0.3 is 14.6 Å². The molecule has 3 aromatic rings. The van der Waals surface area contributed by atoms with Gasteiger partial charge in [0.25, 0.3) is 5.69 Å². The van der Waals surface area contributed by atoms with Crippen LogP contribution in [0.15, 0.2) is 51.9 Å². The average Bonchev–Trinajstić information content (AvgIpc) is 3.29. The lowest BCUT2D eigenvalue weighted by Gasteiger charge is -2.30. The number of anilines is 1. The Labute approximate surface area is 218 Å². The standard InChI is InChI=1S/C25H25FN4O7S/c1-16-24(23(37-28-16)9-7-17-5-3-4-6-20(17)26)38(34,35)29-13-11-18(12-14-29)25(31)27-21-15-19(30(32)33)8-10-22(21)36-2/h3-10,15,18H,11-14H2,1-2H3,(H,27,31). The molecule has 1 aliphatic rings. The Morgan fingerprint density at radius 1 is 1.24 bits per heavy atom. The number of carbonyl (C=O) groups excluding carboxylic acids is 1. The number of benzene rings is 2.